The molecule has 0 atom stereocenters. The molecule has 0 spiro atoms. The van der Waals surface area contributed by atoms with Crippen LogP contribution in [0.2, 0.25) is 5.02 Å². The number of carbonyl (C=O) groups excluding carboxylic acids is 2. The molecule has 0 aromatic heterocycles. The van der Waals surface area contributed by atoms with Crippen molar-refractivity contribution in [2.75, 3.05) is 31.1 Å². The summed E-state index contributed by atoms with van der Waals surface area (Å²) in [5.74, 6) is 0.165. The Balaban J connectivity index is 1.43. The average Bonchev–Trinajstić information content (AvgIpc) is 2.61. The van der Waals surface area contributed by atoms with Crippen LogP contribution in [0, 0.1) is 0 Å². The van der Waals surface area contributed by atoms with Crippen LogP contribution >= 0.6 is 11.6 Å². The molecule has 2 amide bonds. The van der Waals surface area contributed by atoms with E-state index in [-0.39, 0.29) is 11.8 Å². The van der Waals surface area contributed by atoms with Crippen LogP contribution in [0.15, 0.2) is 24.3 Å². The fourth-order valence-electron chi connectivity index (χ4n) is 3.64. The van der Waals surface area contributed by atoms with Gasteiger partial charge in [-0.05, 0) is 31.0 Å². The van der Waals surface area contributed by atoms with Gasteiger partial charge in [-0.1, -0.05) is 36.9 Å². The quantitative estimate of drug-likeness (QED) is 0.875. The Bertz CT molecular complexity index is 616. The second-order valence-corrected chi connectivity index (χ2v) is 7.39. The molecule has 1 aromatic rings. The van der Waals surface area contributed by atoms with Gasteiger partial charge in [0.2, 0.25) is 11.8 Å². The fraction of sp³-hybridized carbons (Fsp3) is 0.579. The van der Waals surface area contributed by atoms with Crippen LogP contribution < -0.4 is 10.2 Å². The molecular weight excluding hydrogens is 338 g/mol. The lowest BCUT2D eigenvalue weighted by atomic mass is 9.95. The molecule has 1 heterocycles. The maximum atomic E-state index is 12.4. The van der Waals surface area contributed by atoms with Gasteiger partial charge < -0.3 is 10.2 Å². The van der Waals surface area contributed by atoms with Gasteiger partial charge in [-0.25, -0.2) is 0 Å². The number of hydrogen-bond acceptors (Lipinski definition) is 3. The lowest BCUT2D eigenvalue weighted by molar-refractivity contribution is -0.124. The molecule has 0 unspecified atom stereocenters. The van der Waals surface area contributed by atoms with Crippen molar-refractivity contribution >= 4 is 29.1 Å². The van der Waals surface area contributed by atoms with Crippen molar-refractivity contribution in [3.05, 3.63) is 29.3 Å². The molecule has 1 aliphatic heterocycles. The molecule has 6 heteroatoms. The molecule has 1 aliphatic carbocycles. The van der Waals surface area contributed by atoms with Crippen molar-refractivity contribution in [3.8, 4) is 0 Å². The number of nitrogens with zero attached hydrogens (tertiary/aromatic N) is 2. The second-order valence-electron chi connectivity index (χ2n) is 6.95. The largest absolute Gasteiger partial charge is 0.353 e. The number of anilines is 1. The monoisotopic (exact) mass is 363 g/mol. The van der Waals surface area contributed by atoms with E-state index in [4.69, 9.17) is 11.6 Å². The second kappa shape index (κ2) is 8.68. The molecule has 25 heavy (non-hydrogen) atoms. The number of rotatable bonds is 5. The van der Waals surface area contributed by atoms with Gasteiger partial charge in [-0.3, -0.25) is 14.5 Å². The van der Waals surface area contributed by atoms with E-state index in [2.05, 4.69) is 10.2 Å². The van der Waals surface area contributed by atoms with Crippen molar-refractivity contribution in [2.24, 2.45) is 0 Å². The van der Waals surface area contributed by atoms with Gasteiger partial charge in [0.15, 0.2) is 0 Å². The van der Waals surface area contributed by atoms with Crippen LogP contribution in [0.5, 0.6) is 0 Å². The summed E-state index contributed by atoms with van der Waals surface area (Å²) in [6, 6.07) is 7.72. The predicted octanol–water partition coefficient (Wildman–Crippen LogP) is 2.83. The number of nitrogens with one attached hydrogen (secondary N) is 1. The molecule has 2 fully saturated rings. The smallest absolute Gasteiger partial charge is 0.241 e. The van der Waals surface area contributed by atoms with Gasteiger partial charge in [-0.15, -0.1) is 0 Å². The van der Waals surface area contributed by atoms with Gasteiger partial charge >= 0.3 is 0 Å². The molecule has 1 N–H and O–H groups in total. The highest BCUT2D eigenvalue weighted by molar-refractivity contribution is 6.30. The molecule has 3 rings (SSSR count). The highest BCUT2D eigenvalue weighted by Crippen LogP contribution is 2.21. The first kappa shape index (κ1) is 18.2. The first-order valence-electron chi connectivity index (χ1n) is 9.19. The number of amides is 2. The van der Waals surface area contributed by atoms with Gasteiger partial charge in [0.25, 0.3) is 0 Å². The van der Waals surface area contributed by atoms with Crippen LogP contribution in [-0.2, 0) is 9.59 Å². The maximum absolute atomic E-state index is 12.4. The van der Waals surface area contributed by atoms with Crippen LogP contribution in [0.25, 0.3) is 0 Å². The van der Waals surface area contributed by atoms with Gasteiger partial charge in [-0.2, -0.15) is 0 Å². The minimum Gasteiger partial charge on any atom is -0.353 e. The summed E-state index contributed by atoms with van der Waals surface area (Å²) in [5, 5.41) is 3.77. The summed E-state index contributed by atoms with van der Waals surface area (Å²) in [7, 11) is 0. The Morgan fingerprint density at radius 1 is 1.20 bits per heavy atom. The molecule has 2 aliphatic rings. The van der Waals surface area contributed by atoms with E-state index in [9.17, 15) is 9.59 Å². The van der Waals surface area contributed by atoms with Crippen LogP contribution in [0.1, 0.15) is 38.5 Å². The Morgan fingerprint density at radius 2 is 2.00 bits per heavy atom. The van der Waals surface area contributed by atoms with Crippen LogP contribution in [0.3, 0.4) is 0 Å². The molecule has 5 nitrogen and oxygen atoms in total. The third-order valence-electron chi connectivity index (χ3n) is 5.05. The lowest BCUT2D eigenvalue weighted by Crippen LogP contribution is -2.51. The summed E-state index contributed by atoms with van der Waals surface area (Å²) in [6.07, 6.45) is 6.37. The Labute approximate surface area is 154 Å². The maximum Gasteiger partial charge on any atom is 0.241 e. The highest BCUT2D eigenvalue weighted by atomic mass is 35.5. The van der Waals surface area contributed by atoms with Gasteiger partial charge in [0, 0.05) is 42.8 Å². The van der Waals surface area contributed by atoms with Gasteiger partial charge in [0.1, 0.15) is 0 Å². The lowest BCUT2D eigenvalue weighted by Gasteiger charge is -2.34. The van der Waals surface area contributed by atoms with Gasteiger partial charge in [0.05, 0.1) is 6.54 Å². The van der Waals surface area contributed by atoms with Crippen molar-refractivity contribution in [2.45, 2.75) is 44.6 Å². The minimum absolute atomic E-state index is 0.0567. The molecule has 1 aromatic carbocycles. The zero-order valence-corrected chi connectivity index (χ0v) is 15.3. The molecule has 1 saturated carbocycles. The van der Waals surface area contributed by atoms with E-state index in [1.54, 1.807) is 11.0 Å². The Hall–Kier alpha value is -1.59. The van der Waals surface area contributed by atoms with E-state index < -0.39 is 0 Å². The molecule has 1 saturated heterocycles. The normalized spacial score (nSPS) is 19.9. The van der Waals surface area contributed by atoms with Crippen LogP contribution in [-0.4, -0.2) is 48.9 Å². The Morgan fingerprint density at radius 3 is 2.72 bits per heavy atom. The summed E-state index contributed by atoms with van der Waals surface area (Å²) < 4.78 is 0. The zero-order valence-electron chi connectivity index (χ0n) is 14.5. The van der Waals surface area contributed by atoms with E-state index >= 15 is 0 Å². The minimum atomic E-state index is 0.0567. The topological polar surface area (TPSA) is 52.7 Å². The third kappa shape index (κ3) is 5.19. The summed E-state index contributed by atoms with van der Waals surface area (Å²) in [5.41, 5.74) is 0.840. The molecule has 136 valence electrons. The summed E-state index contributed by atoms with van der Waals surface area (Å²) in [4.78, 5) is 28.4. The predicted molar refractivity (Wildman–Crippen MR) is 99.9 cm³/mol. The number of carbonyl (C=O) groups is 2. The molecular formula is C19H26ClN3O2. The standard InChI is InChI=1S/C19H26ClN3O2/c20-15-5-4-8-17(13-15)23-12-11-22(14-19(23)25)10-9-18(24)21-16-6-2-1-3-7-16/h4-5,8,13,16H,1-3,6-7,9-12,14H2,(H,21,24). The highest BCUT2D eigenvalue weighted by Gasteiger charge is 2.25. The van der Waals surface area contributed by atoms with Crippen LogP contribution in [0.4, 0.5) is 5.69 Å². The zero-order chi connectivity index (χ0) is 17.6. The third-order valence-corrected chi connectivity index (χ3v) is 5.28. The first-order valence-corrected chi connectivity index (χ1v) is 9.57. The van der Waals surface area contributed by atoms with Crippen molar-refractivity contribution in [1.29, 1.82) is 0 Å². The van der Waals surface area contributed by atoms with Crippen molar-refractivity contribution < 1.29 is 9.59 Å². The first-order chi connectivity index (χ1) is 12.1. The van der Waals surface area contributed by atoms with E-state index in [0.717, 1.165) is 25.1 Å². The van der Waals surface area contributed by atoms with E-state index in [1.807, 2.05) is 18.2 Å². The number of benzene rings is 1. The van der Waals surface area contributed by atoms with E-state index in [0.29, 0.717) is 37.1 Å². The van der Waals surface area contributed by atoms with Crippen molar-refractivity contribution in [1.82, 2.24) is 10.2 Å². The van der Waals surface area contributed by atoms with E-state index in [1.165, 1.54) is 19.3 Å². The number of hydrogen-bond donors (Lipinski definition) is 1. The number of halogens is 1. The Kier molecular flexibility index (Phi) is 6.32. The molecule has 0 bridgehead atoms. The SMILES string of the molecule is O=C(CCN1CCN(c2cccc(Cl)c2)C(=O)C1)NC1CCCCC1. The average molecular weight is 364 g/mol. The summed E-state index contributed by atoms with van der Waals surface area (Å²) >= 11 is 6.01. The number of piperazine rings is 1. The molecule has 0 radical (unpaired) electrons. The summed E-state index contributed by atoms with van der Waals surface area (Å²) in [6.45, 7) is 2.38. The van der Waals surface area contributed by atoms with Crippen molar-refractivity contribution in [3.63, 3.8) is 0 Å². The fourth-order valence-corrected chi connectivity index (χ4v) is 3.82.